The lowest BCUT2D eigenvalue weighted by molar-refractivity contribution is -0.118. The minimum absolute atomic E-state index is 0.0982. The number of hydrogen-bond donors (Lipinski definition) is 1. The molecule has 0 aromatic heterocycles. The van der Waals surface area contributed by atoms with Gasteiger partial charge in [0.1, 0.15) is 11.5 Å². The molecule has 2 rings (SSSR count). The Hall–Kier alpha value is -2.20. The fraction of sp³-hybridized carbons (Fsp3) is 0.316. The van der Waals surface area contributed by atoms with Gasteiger partial charge in [0.05, 0.1) is 11.6 Å². The van der Waals surface area contributed by atoms with Crippen LogP contribution in [0.2, 0.25) is 5.02 Å². The minimum Gasteiger partial charge on any atom is -0.494 e. The zero-order valence-corrected chi connectivity index (χ0v) is 14.5. The van der Waals surface area contributed by atoms with Gasteiger partial charge >= 0.3 is 0 Å². The summed E-state index contributed by atoms with van der Waals surface area (Å²) in [5.74, 6) is 1.05. The Morgan fingerprint density at radius 2 is 1.79 bits per heavy atom. The first kappa shape index (κ1) is 18.1. The van der Waals surface area contributed by atoms with Crippen LogP contribution in [0.5, 0.6) is 11.5 Å². The molecule has 24 heavy (non-hydrogen) atoms. The van der Waals surface area contributed by atoms with Gasteiger partial charge in [-0.1, -0.05) is 43.5 Å². The second kappa shape index (κ2) is 9.83. The third-order valence-electron chi connectivity index (χ3n) is 3.35. The monoisotopic (exact) mass is 347 g/mol. The number of halogens is 1. The van der Waals surface area contributed by atoms with E-state index in [1.54, 1.807) is 24.3 Å². The molecule has 0 saturated heterocycles. The average molecular weight is 348 g/mol. The average Bonchev–Trinajstić information content (AvgIpc) is 2.59. The molecule has 0 fully saturated rings. The second-order valence-corrected chi connectivity index (χ2v) is 5.75. The zero-order chi connectivity index (χ0) is 17.2. The Labute approximate surface area is 147 Å². The lowest BCUT2D eigenvalue weighted by Crippen LogP contribution is -2.20. The highest BCUT2D eigenvalue weighted by atomic mass is 35.5. The van der Waals surface area contributed by atoms with Gasteiger partial charge in [0.25, 0.3) is 5.91 Å². The molecule has 0 atom stereocenters. The van der Waals surface area contributed by atoms with E-state index in [0.717, 1.165) is 12.2 Å². The van der Waals surface area contributed by atoms with Crippen molar-refractivity contribution in [3.05, 3.63) is 53.6 Å². The summed E-state index contributed by atoms with van der Waals surface area (Å²) in [6.45, 7) is 2.77. The van der Waals surface area contributed by atoms with Crippen LogP contribution in [0.1, 0.15) is 26.2 Å². The number of para-hydroxylation sites is 1. The molecule has 0 aliphatic rings. The lowest BCUT2D eigenvalue weighted by Gasteiger charge is -2.10. The molecule has 4 nitrogen and oxygen atoms in total. The Kier molecular flexibility index (Phi) is 7.43. The second-order valence-electron chi connectivity index (χ2n) is 5.35. The summed E-state index contributed by atoms with van der Waals surface area (Å²) in [5, 5.41) is 3.25. The molecule has 2 aromatic rings. The fourth-order valence-corrected chi connectivity index (χ4v) is 2.27. The van der Waals surface area contributed by atoms with E-state index in [9.17, 15) is 4.79 Å². The summed E-state index contributed by atoms with van der Waals surface area (Å²) in [7, 11) is 0. The van der Waals surface area contributed by atoms with Crippen LogP contribution in [0.15, 0.2) is 48.5 Å². The fourth-order valence-electron chi connectivity index (χ4n) is 2.08. The van der Waals surface area contributed by atoms with Gasteiger partial charge in [-0.05, 0) is 42.8 Å². The van der Waals surface area contributed by atoms with E-state index < -0.39 is 0 Å². The van der Waals surface area contributed by atoms with Crippen LogP contribution < -0.4 is 14.8 Å². The first-order valence-electron chi connectivity index (χ1n) is 8.09. The van der Waals surface area contributed by atoms with Gasteiger partial charge in [0.15, 0.2) is 6.61 Å². The zero-order valence-electron chi connectivity index (χ0n) is 13.8. The maximum Gasteiger partial charge on any atom is 0.262 e. The lowest BCUT2D eigenvalue weighted by atomic mass is 10.2. The van der Waals surface area contributed by atoms with E-state index in [1.165, 1.54) is 12.8 Å². The number of amides is 1. The van der Waals surface area contributed by atoms with Crippen LogP contribution >= 0.6 is 11.6 Å². The van der Waals surface area contributed by atoms with Crippen molar-refractivity contribution in [3.8, 4) is 11.5 Å². The number of nitrogens with one attached hydrogen (secondary N) is 1. The van der Waals surface area contributed by atoms with Gasteiger partial charge in [-0.3, -0.25) is 4.79 Å². The summed E-state index contributed by atoms with van der Waals surface area (Å²) in [5.41, 5.74) is 0.698. The Balaban J connectivity index is 1.76. The number of carbonyl (C=O) groups is 1. The standard InChI is InChI=1S/C19H22ClNO3/c1-2-3-6-13-23-16-11-9-15(10-12-16)21-19(22)14-24-18-8-5-4-7-17(18)20/h4-5,7-12H,2-3,6,13-14H2,1H3,(H,21,22). The molecular weight excluding hydrogens is 326 g/mol. The number of unbranched alkanes of at least 4 members (excludes halogenated alkanes) is 2. The van der Waals surface area contributed by atoms with E-state index in [4.69, 9.17) is 21.1 Å². The SMILES string of the molecule is CCCCCOc1ccc(NC(=O)COc2ccccc2Cl)cc1. The van der Waals surface area contributed by atoms with Crippen LogP contribution in [-0.2, 0) is 4.79 Å². The minimum atomic E-state index is -0.244. The molecule has 2 aromatic carbocycles. The number of rotatable bonds is 9. The molecule has 0 spiro atoms. The maximum absolute atomic E-state index is 11.9. The highest BCUT2D eigenvalue weighted by Gasteiger charge is 2.06. The van der Waals surface area contributed by atoms with Gasteiger partial charge < -0.3 is 14.8 Å². The molecule has 128 valence electrons. The Morgan fingerprint density at radius 1 is 1.04 bits per heavy atom. The smallest absolute Gasteiger partial charge is 0.262 e. The van der Waals surface area contributed by atoms with Crippen LogP contribution in [0, 0.1) is 0 Å². The molecule has 1 N–H and O–H groups in total. The molecular formula is C19H22ClNO3. The van der Waals surface area contributed by atoms with Crippen LogP contribution in [0.4, 0.5) is 5.69 Å². The normalized spacial score (nSPS) is 10.2. The van der Waals surface area contributed by atoms with Crippen LogP contribution in [0.25, 0.3) is 0 Å². The van der Waals surface area contributed by atoms with Crippen molar-refractivity contribution in [2.75, 3.05) is 18.5 Å². The maximum atomic E-state index is 11.9. The van der Waals surface area contributed by atoms with Crippen molar-refractivity contribution < 1.29 is 14.3 Å². The Morgan fingerprint density at radius 3 is 2.50 bits per heavy atom. The number of carbonyl (C=O) groups excluding carboxylic acids is 1. The van der Waals surface area contributed by atoms with Crippen LogP contribution in [0.3, 0.4) is 0 Å². The predicted octanol–water partition coefficient (Wildman–Crippen LogP) is 4.93. The third kappa shape index (κ3) is 6.13. The molecule has 0 aliphatic heterocycles. The molecule has 0 aliphatic carbocycles. The Bertz CT molecular complexity index is 643. The highest BCUT2D eigenvalue weighted by Crippen LogP contribution is 2.23. The summed E-state index contributed by atoms with van der Waals surface area (Å²) in [6.07, 6.45) is 3.39. The quantitative estimate of drug-likeness (QED) is 0.654. The summed E-state index contributed by atoms with van der Waals surface area (Å²) < 4.78 is 11.0. The topological polar surface area (TPSA) is 47.6 Å². The number of hydrogen-bond acceptors (Lipinski definition) is 3. The number of ether oxygens (including phenoxy) is 2. The van der Waals surface area contributed by atoms with Gasteiger partial charge in [-0.25, -0.2) is 0 Å². The third-order valence-corrected chi connectivity index (χ3v) is 3.66. The molecule has 0 saturated carbocycles. The molecule has 0 unspecified atom stereocenters. The van der Waals surface area contributed by atoms with Gasteiger partial charge in [-0.15, -0.1) is 0 Å². The first-order chi connectivity index (χ1) is 11.7. The van der Waals surface area contributed by atoms with Crippen molar-refractivity contribution in [1.29, 1.82) is 0 Å². The molecule has 5 heteroatoms. The summed E-state index contributed by atoms with van der Waals surface area (Å²) in [4.78, 5) is 11.9. The van der Waals surface area contributed by atoms with E-state index in [2.05, 4.69) is 12.2 Å². The first-order valence-corrected chi connectivity index (χ1v) is 8.47. The summed E-state index contributed by atoms with van der Waals surface area (Å²) in [6, 6.07) is 14.4. The molecule has 1 amide bonds. The largest absolute Gasteiger partial charge is 0.494 e. The van der Waals surface area contributed by atoms with Crippen LogP contribution in [-0.4, -0.2) is 19.1 Å². The van der Waals surface area contributed by atoms with E-state index in [-0.39, 0.29) is 12.5 Å². The van der Waals surface area contributed by atoms with Gasteiger partial charge in [0.2, 0.25) is 0 Å². The van der Waals surface area contributed by atoms with Crippen molar-refractivity contribution >= 4 is 23.2 Å². The summed E-state index contributed by atoms with van der Waals surface area (Å²) >= 11 is 5.98. The number of anilines is 1. The van der Waals surface area contributed by atoms with Gasteiger partial charge in [0, 0.05) is 5.69 Å². The van der Waals surface area contributed by atoms with E-state index >= 15 is 0 Å². The van der Waals surface area contributed by atoms with Crippen molar-refractivity contribution in [3.63, 3.8) is 0 Å². The van der Waals surface area contributed by atoms with E-state index in [0.29, 0.717) is 23.1 Å². The molecule has 0 radical (unpaired) electrons. The van der Waals surface area contributed by atoms with Crippen molar-refractivity contribution in [2.24, 2.45) is 0 Å². The van der Waals surface area contributed by atoms with E-state index in [1.807, 2.05) is 24.3 Å². The predicted molar refractivity (Wildman–Crippen MR) is 97.0 cm³/mol. The highest BCUT2D eigenvalue weighted by molar-refractivity contribution is 6.32. The van der Waals surface area contributed by atoms with Crippen molar-refractivity contribution in [2.45, 2.75) is 26.2 Å². The number of benzene rings is 2. The molecule has 0 heterocycles. The van der Waals surface area contributed by atoms with Crippen molar-refractivity contribution in [1.82, 2.24) is 0 Å². The molecule has 0 bridgehead atoms. The van der Waals surface area contributed by atoms with Gasteiger partial charge in [-0.2, -0.15) is 0 Å².